The molecule has 0 unspecified atom stereocenters. The Labute approximate surface area is 107 Å². The van der Waals surface area contributed by atoms with Crippen LogP contribution in [0.1, 0.15) is 24.0 Å². The van der Waals surface area contributed by atoms with E-state index in [2.05, 4.69) is 4.18 Å². The van der Waals surface area contributed by atoms with Gasteiger partial charge in [-0.2, -0.15) is 8.42 Å². The SMILES string of the molecule is O=S(=O)(O)OCCCc1ccccc1CCCO. The smallest absolute Gasteiger partial charge is 0.396 e. The van der Waals surface area contributed by atoms with Crippen LogP contribution in [-0.2, 0) is 27.4 Å². The minimum atomic E-state index is -4.34. The summed E-state index contributed by atoms with van der Waals surface area (Å²) < 4.78 is 33.4. The number of aliphatic hydroxyl groups is 1. The Balaban J connectivity index is 2.46. The van der Waals surface area contributed by atoms with Gasteiger partial charge in [-0.15, -0.1) is 0 Å². The van der Waals surface area contributed by atoms with Gasteiger partial charge in [0.2, 0.25) is 0 Å². The average molecular weight is 274 g/mol. The van der Waals surface area contributed by atoms with E-state index in [9.17, 15) is 8.42 Å². The summed E-state index contributed by atoms with van der Waals surface area (Å²) in [6.45, 7) is 0.118. The maximum Gasteiger partial charge on any atom is 0.397 e. The Morgan fingerprint density at radius 1 is 1.06 bits per heavy atom. The maximum absolute atomic E-state index is 10.4. The van der Waals surface area contributed by atoms with Crippen molar-refractivity contribution in [1.29, 1.82) is 0 Å². The summed E-state index contributed by atoms with van der Waals surface area (Å²) in [5, 5.41) is 8.81. The molecular weight excluding hydrogens is 256 g/mol. The van der Waals surface area contributed by atoms with Crippen LogP contribution >= 0.6 is 0 Å². The van der Waals surface area contributed by atoms with Crippen LogP contribution in [0, 0.1) is 0 Å². The van der Waals surface area contributed by atoms with Crippen molar-refractivity contribution in [3.8, 4) is 0 Å². The van der Waals surface area contributed by atoms with Gasteiger partial charge in [-0.3, -0.25) is 4.55 Å². The van der Waals surface area contributed by atoms with E-state index in [0.29, 0.717) is 19.3 Å². The largest absolute Gasteiger partial charge is 0.397 e. The molecule has 6 heteroatoms. The van der Waals surface area contributed by atoms with Gasteiger partial charge in [-0.25, -0.2) is 4.18 Å². The Morgan fingerprint density at radius 3 is 2.11 bits per heavy atom. The molecule has 5 nitrogen and oxygen atoms in total. The lowest BCUT2D eigenvalue weighted by atomic mass is 9.99. The molecule has 102 valence electrons. The fourth-order valence-corrected chi connectivity index (χ4v) is 2.07. The van der Waals surface area contributed by atoms with Crippen molar-refractivity contribution in [1.82, 2.24) is 0 Å². The molecular formula is C12H18O5S. The lowest BCUT2D eigenvalue weighted by molar-refractivity contribution is 0.265. The zero-order valence-corrected chi connectivity index (χ0v) is 10.9. The van der Waals surface area contributed by atoms with Gasteiger partial charge in [0.25, 0.3) is 0 Å². The normalized spacial score (nSPS) is 11.7. The number of benzene rings is 1. The van der Waals surface area contributed by atoms with Crippen LogP contribution in [0.25, 0.3) is 0 Å². The van der Waals surface area contributed by atoms with E-state index in [1.165, 1.54) is 0 Å². The highest BCUT2D eigenvalue weighted by atomic mass is 32.3. The summed E-state index contributed by atoms with van der Waals surface area (Å²) in [6, 6.07) is 7.82. The van der Waals surface area contributed by atoms with Gasteiger partial charge >= 0.3 is 10.4 Å². The molecule has 0 saturated heterocycles. The van der Waals surface area contributed by atoms with Gasteiger partial charge < -0.3 is 5.11 Å². The number of aliphatic hydroxyl groups excluding tert-OH is 1. The van der Waals surface area contributed by atoms with Crippen LogP contribution in [-0.4, -0.2) is 31.3 Å². The molecule has 0 aliphatic carbocycles. The topological polar surface area (TPSA) is 83.8 Å². The van der Waals surface area contributed by atoms with E-state index >= 15 is 0 Å². The minimum Gasteiger partial charge on any atom is -0.396 e. The van der Waals surface area contributed by atoms with Gasteiger partial charge in [0.1, 0.15) is 0 Å². The fraction of sp³-hybridized carbons (Fsp3) is 0.500. The molecule has 0 bridgehead atoms. The van der Waals surface area contributed by atoms with Crippen molar-refractivity contribution in [2.45, 2.75) is 25.7 Å². The third kappa shape index (κ3) is 6.11. The van der Waals surface area contributed by atoms with Crippen LogP contribution in [0.5, 0.6) is 0 Å². The molecule has 0 heterocycles. The lowest BCUT2D eigenvalue weighted by Crippen LogP contribution is -2.06. The second-order valence-electron chi connectivity index (χ2n) is 3.95. The van der Waals surface area contributed by atoms with E-state index < -0.39 is 10.4 Å². The summed E-state index contributed by atoms with van der Waals surface area (Å²) in [6.07, 6.45) is 2.69. The second kappa shape index (κ2) is 7.48. The zero-order chi connectivity index (χ0) is 13.4. The zero-order valence-electron chi connectivity index (χ0n) is 10.1. The first-order valence-electron chi connectivity index (χ1n) is 5.82. The summed E-state index contributed by atoms with van der Waals surface area (Å²) in [5.74, 6) is 0. The van der Waals surface area contributed by atoms with Gasteiger partial charge in [-0.1, -0.05) is 24.3 Å². The Morgan fingerprint density at radius 2 is 1.61 bits per heavy atom. The molecule has 0 radical (unpaired) electrons. The molecule has 0 aliphatic rings. The Hall–Kier alpha value is -0.950. The standard InChI is InChI=1S/C12H18O5S/c13-9-3-7-11-5-1-2-6-12(11)8-4-10-17-18(14,15)16/h1-2,5-6,13H,3-4,7-10H2,(H,14,15,16). The highest BCUT2D eigenvalue weighted by molar-refractivity contribution is 7.80. The van der Waals surface area contributed by atoms with E-state index in [1.807, 2.05) is 24.3 Å². The molecule has 18 heavy (non-hydrogen) atoms. The summed E-state index contributed by atoms with van der Waals surface area (Å²) in [5.41, 5.74) is 2.27. The molecule has 0 saturated carbocycles. The Bertz CT molecular complexity index is 455. The van der Waals surface area contributed by atoms with Gasteiger partial charge in [0.05, 0.1) is 6.61 Å². The highest BCUT2D eigenvalue weighted by Crippen LogP contribution is 2.13. The molecule has 0 spiro atoms. The van der Waals surface area contributed by atoms with Crippen molar-refractivity contribution >= 4 is 10.4 Å². The van der Waals surface area contributed by atoms with Crippen LogP contribution in [0.4, 0.5) is 0 Å². The van der Waals surface area contributed by atoms with Crippen molar-refractivity contribution in [3.63, 3.8) is 0 Å². The third-order valence-electron chi connectivity index (χ3n) is 2.55. The first kappa shape index (κ1) is 15.1. The van der Waals surface area contributed by atoms with Crippen molar-refractivity contribution in [3.05, 3.63) is 35.4 Å². The maximum atomic E-state index is 10.4. The molecule has 0 aromatic heterocycles. The van der Waals surface area contributed by atoms with Crippen LogP contribution in [0.3, 0.4) is 0 Å². The average Bonchev–Trinajstić information content (AvgIpc) is 2.32. The van der Waals surface area contributed by atoms with Crippen LogP contribution in [0.15, 0.2) is 24.3 Å². The summed E-state index contributed by atoms with van der Waals surface area (Å²) in [7, 11) is -4.34. The van der Waals surface area contributed by atoms with E-state index in [4.69, 9.17) is 9.66 Å². The van der Waals surface area contributed by atoms with Gasteiger partial charge in [0.15, 0.2) is 0 Å². The number of hydrogen-bond donors (Lipinski definition) is 2. The van der Waals surface area contributed by atoms with Crippen LogP contribution in [0.2, 0.25) is 0 Å². The predicted octanol–water partition coefficient (Wildman–Crippen LogP) is 1.36. The second-order valence-corrected chi connectivity index (χ2v) is 5.04. The number of hydrogen-bond acceptors (Lipinski definition) is 4. The van der Waals surface area contributed by atoms with Gasteiger partial charge in [-0.05, 0) is 36.8 Å². The molecule has 0 atom stereocenters. The van der Waals surface area contributed by atoms with Gasteiger partial charge in [0, 0.05) is 6.61 Å². The molecule has 0 aliphatic heterocycles. The van der Waals surface area contributed by atoms with E-state index in [1.54, 1.807) is 0 Å². The quantitative estimate of drug-likeness (QED) is 0.552. The number of aryl methyl sites for hydroxylation is 2. The molecule has 2 N–H and O–H groups in total. The summed E-state index contributed by atoms with van der Waals surface area (Å²) >= 11 is 0. The summed E-state index contributed by atoms with van der Waals surface area (Å²) in [4.78, 5) is 0. The monoisotopic (exact) mass is 274 g/mol. The van der Waals surface area contributed by atoms with E-state index in [0.717, 1.165) is 17.5 Å². The van der Waals surface area contributed by atoms with Crippen LogP contribution < -0.4 is 0 Å². The van der Waals surface area contributed by atoms with Crippen molar-refractivity contribution in [2.75, 3.05) is 13.2 Å². The highest BCUT2D eigenvalue weighted by Gasteiger charge is 2.05. The van der Waals surface area contributed by atoms with Crippen molar-refractivity contribution < 1.29 is 22.3 Å². The molecule has 0 fully saturated rings. The molecule has 1 rings (SSSR count). The first-order valence-corrected chi connectivity index (χ1v) is 7.19. The fourth-order valence-electron chi connectivity index (χ4n) is 1.74. The first-order chi connectivity index (χ1) is 8.53. The third-order valence-corrected chi connectivity index (χ3v) is 3.01. The molecule has 1 aromatic rings. The Kier molecular flexibility index (Phi) is 6.28. The molecule has 0 amide bonds. The lowest BCUT2D eigenvalue weighted by Gasteiger charge is -2.08. The minimum absolute atomic E-state index is 0.0346. The molecule has 1 aromatic carbocycles. The number of rotatable bonds is 8. The predicted molar refractivity (Wildman–Crippen MR) is 67.7 cm³/mol. The van der Waals surface area contributed by atoms with Crippen molar-refractivity contribution in [2.24, 2.45) is 0 Å². The van der Waals surface area contributed by atoms with E-state index in [-0.39, 0.29) is 13.2 Å².